The van der Waals surface area contributed by atoms with Gasteiger partial charge in [-0.25, -0.2) is 0 Å². The van der Waals surface area contributed by atoms with E-state index in [1.54, 1.807) is 13.3 Å². The lowest BCUT2D eigenvalue weighted by atomic mass is 10.1. The molecule has 0 saturated carbocycles. The molecule has 0 saturated heterocycles. The Bertz CT molecular complexity index is 555. The average molecular weight is 270 g/mol. The van der Waals surface area contributed by atoms with Crippen molar-refractivity contribution >= 4 is 5.91 Å². The number of carbonyl (C=O) groups excluding carboxylic acids is 1. The van der Waals surface area contributed by atoms with Gasteiger partial charge in [-0.2, -0.15) is 0 Å². The quantitative estimate of drug-likeness (QED) is 0.873. The van der Waals surface area contributed by atoms with Gasteiger partial charge in [0.2, 0.25) is 5.91 Å². The van der Waals surface area contributed by atoms with E-state index in [-0.39, 0.29) is 5.91 Å². The van der Waals surface area contributed by atoms with Gasteiger partial charge < -0.3 is 10.1 Å². The number of rotatable bonds is 6. The largest absolute Gasteiger partial charge is 0.496 e. The summed E-state index contributed by atoms with van der Waals surface area (Å²) in [5.41, 5.74) is 2.01. The SMILES string of the molecule is COc1ccccc1CC(=O)NCCc1cccnc1. The number of ether oxygens (including phenoxy) is 1. The van der Waals surface area contributed by atoms with Crippen molar-refractivity contribution in [3.05, 3.63) is 59.9 Å². The summed E-state index contributed by atoms with van der Waals surface area (Å²) < 4.78 is 5.23. The molecule has 4 heteroatoms. The van der Waals surface area contributed by atoms with Crippen molar-refractivity contribution in [2.45, 2.75) is 12.8 Å². The fraction of sp³-hybridized carbons (Fsp3) is 0.250. The molecule has 0 aliphatic rings. The van der Waals surface area contributed by atoms with Crippen LogP contribution in [-0.4, -0.2) is 24.5 Å². The summed E-state index contributed by atoms with van der Waals surface area (Å²) in [6.07, 6.45) is 4.67. The number of hydrogen-bond donors (Lipinski definition) is 1. The van der Waals surface area contributed by atoms with Crippen LogP contribution in [0.25, 0.3) is 0 Å². The van der Waals surface area contributed by atoms with E-state index >= 15 is 0 Å². The van der Waals surface area contributed by atoms with Gasteiger partial charge in [0, 0.05) is 24.5 Å². The monoisotopic (exact) mass is 270 g/mol. The number of hydrogen-bond acceptors (Lipinski definition) is 3. The molecule has 104 valence electrons. The molecule has 1 heterocycles. The Labute approximate surface area is 118 Å². The Hall–Kier alpha value is -2.36. The van der Waals surface area contributed by atoms with Crippen molar-refractivity contribution in [1.29, 1.82) is 0 Å². The summed E-state index contributed by atoms with van der Waals surface area (Å²) in [6.45, 7) is 0.611. The standard InChI is InChI=1S/C16H18N2O2/c1-20-15-7-3-2-6-14(15)11-16(19)18-10-8-13-5-4-9-17-12-13/h2-7,9,12H,8,10-11H2,1H3,(H,18,19). The highest BCUT2D eigenvalue weighted by atomic mass is 16.5. The van der Waals surface area contributed by atoms with E-state index in [0.29, 0.717) is 13.0 Å². The van der Waals surface area contributed by atoms with E-state index < -0.39 is 0 Å². The van der Waals surface area contributed by atoms with Crippen LogP contribution in [-0.2, 0) is 17.6 Å². The van der Waals surface area contributed by atoms with Gasteiger partial charge in [-0.15, -0.1) is 0 Å². The zero-order chi connectivity index (χ0) is 14.2. The first-order chi connectivity index (χ1) is 9.79. The van der Waals surface area contributed by atoms with Crippen molar-refractivity contribution in [2.24, 2.45) is 0 Å². The first-order valence-corrected chi connectivity index (χ1v) is 6.57. The number of nitrogens with one attached hydrogen (secondary N) is 1. The Morgan fingerprint density at radius 3 is 2.85 bits per heavy atom. The lowest BCUT2D eigenvalue weighted by Crippen LogP contribution is -2.27. The number of carbonyl (C=O) groups is 1. The van der Waals surface area contributed by atoms with Gasteiger partial charge in [-0.3, -0.25) is 9.78 Å². The third kappa shape index (κ3) is 4.09. The topological polar surface area (TPSA) is 51.2 Å². The maximum absolute atomic E-state index is 11.9. The zero-order valence-corrected chi connectivity index (χ0v) is 11.5. The summed E-state index contributed by atoms with van der Waals surface area (Å²) in [7, 11) is 1.61. The molecule has 0 unspecified atom stereocenters. The van der Waals surface area contributed by atoms with Crippen LogP contribution in [0.2, 0.25) is 0 Å². The second-order valence-corrected chi connectivity index (χ2v) is 4.45. The van der Waals surface area contributed by atoms with E-state index in [4.69, 9.17) is 4.74 Å². The minimum absolute atomic E-state index is 0.00149. The summed E-state index contributed by atoms with van der Waals surface area (Å²) in [5.74, 6) is 0.744. The van der Waals surface area contributed by atoms with Crippen LogP contribution in [0, 0.1) is 0 Å². The van der Waals surface area contributed by atoms with Crippen LogP contribution in [0.15, 0.2) is 48.8 Å². The van der Waals surface area contributed by atoms with Crippen molar-refractivity contribution in [3.63, 3.8) is 0 Å². The Balaban J connectivity index is 1.81. The van der Waals surface area contributed by atoms with Crippen LogP contribution >= 0.6 is 0 Å². The average Bonchev–Trinajstić information content (AvgIpc) is 2.49. The number of aromatic nitrogens is 1. The second kappa shape index (κ2) is 7.28. The molecule has 0 atom stereocenters. The normalized spacial score (nSPS) is 10.1. The third-order valence-corrected chi connectivity index (χ3v) is 3.00. The fourth-order valence-corrected chi connectivity index (χ4v) is 1.98. The van der Waals surface area contributed by atoms with Crippen molar-refractivity contribution in [2.75, 3.05) is 13.7 Å². The summed E-state index contributed by atoms with van der Waals surface area (Å²) in [4.78, 5) is 15.9. The fourth-order valence-electron chi connectivity index (χ4n) is 1.98. The molecule has 0 fully saturated rings. The molecule has 1 N–H and O–H groups in total. The number of nitrogens with zero attached hydrogens (tertiary/aromatic N) is 1. The highest BCUT2D eigenvalue weighted by molar-refractivity contribution is 5.79. The van der Waals surface area contributed by atoms with Crippen LogP contribution in [0.5, 0.6) is 5.75 Å². The van der Waals surface area contributed by atoms with Gasteiger partial charge in [0.15, 0.2) is 0 Å². The number of amides is 1. The molecule has 0 spiro atoms. The van der Waals surface area contributed by atoms with E-state index in [0.717, 1.165) is 23.3 Å². The number of methoxy groups -OCH3 is 1. The lowest BCUT2D eigenvalue weighted by molar-refractivity contribution is -0.120. The van der Waals surface area contributed by atoms with E-state index in [2.05, 4.69) is 10.3 Å². The van der Waals surface area contributed by atoms with Crippen molar-refractivity contribution < 1.29 is 9.53 Å². The highest BCUT2D eigenvalue weighted by Gasteiger charge is 2.07. The molecular formula is C16H18N2O2. The van der Waals surface area contributed by atoms with Gasteiger partial charge in [0.25, 0.3) is 0 Å². The zero-order valence-electron chi connectivity index (χ0n) is 11.5. The molecule has 2 aromatic rings. The summed E-state index contributed by atoms with van der Waals surface area (Å²) in [6, 6.07) is 11.5. The smallest absolute Gasteiger partial charge is 0.224 e. The van der Waals surface area contributed by atoms with E-state index in [9.17, 15) is 4.79 Å². The first-order valence-electron chi connectivity index (χ1n) is 6.57. The predicted octanol–water partition coefficient (Wildman–Crippen LogP) is 1.99. The third-order valence-electron chi connectivity index (χ3n) is 3.00. The minimum Gasteiger partial charge on any atom is -0.496 e. The summed E-state index contributed by atoms with van der Waals surface area (Å²) >= 11 is 0. The highest BCUT2D eigenvalue weighted by Crippen LogP contribution is 2.17. The Kier molecular flexibility index (Phi) is 5.12. The Morgan fingerprint density at radius 1 is 1.25 bits per heavy atom. The van der Waals surface area contributed by atoms with Crippen LogP contribution in [0.3, 0.4) is 0 Å². The van der Waals surface area contributed by atoms with Gasteiger partial charge in [0.1, 0.15) is 5.75 Å². The van der Waals surface area contributed by atoms with Gasteiger partial charge >= 0.3 is 0 Å². The molecule has 1 aromatic carbocycles. The number of benzene rings is 1. The molecule has 1 aromatic heterocycles. The van der Waals surface area contributed by atoms with Crippen molar-refractivity contribution in [3.8, 4) is 5.75 Å². The molecule has 4 nitrogen and oxygen atoms in total. The Morgan fingerprint density at radius 2 is 2.10 bits per heavy atom. The maximum Gasteiger partial charge on any atom is 0.224 e. The molecule has 0 aliphatic heterocycles. The van der Waals surface area contributed by atoms with Gasteiger partial charge in [-0.1, -0.05) is 24.3 Å². The molecule has 20 heavy (non-hydrogen) atoms. The predicted molar refractivity (Wildman–Crippen MR) is 77.6 cm³/mol. The van der Waals surface area contributed by atoms with Gasteiger partial charge in [0.05, 0.1) is 13.5 Å². The lowest BCUT2D eigenvalue weighted by Gasteiger charge is -2.08. The van der Waals surface area contributed by atoms with Crippen LogP contribution < -0.4 is 10.1 Å². The minimum atomic E-state index is -0.00149. The van der Waals surface area contributed by atoms with Gasteiger partial charge in [-0.05, 0) is 24.1 Å². The molecule has 0 bridgehead atoms. The van der Waals surface area contributed by atoms with E-state index in [1.807, 2.05) is 42.6 Å². The number of pyridine rings is 1. The van der Waals surface area contributed by atoms with Crippen molar-refractivity contribution in [1.82, 2.24) is 10.3 Å². The first kappa shape index (κ1) is 14.1. The molecule has 2 rings (SSSR count). The number of para-hydroxylation sites is 1. The second-order valence-electron chi connectivity index (χ2n) is 4.45. The molecule has 0 aliphatic carbocycles. The molecule has 1 amide bonds. The van der Waals surface area contributed by atoms with E-state index in [1.165, 1.54) is 0 Å². The van der Waals surface area contributed by atoms with Crippen LogP contribution in [0.1, 0.15) is 11.1 Å². The van der Waals surface area contributed by atoms with Crippen LogP contribution in [0.4, 0.5) is 0 Å². The molecule has 0 radical (unpaired) electrons. The molecular weight excluding hydrogens is 252 g/mol. The maximum atomic E-state index is 11.9. The summed E-state index contributed by atoms with van der Waals surface area (Å²) in [5, 5.41) is 2.91.